The van der Waals surface area contributed by atoms with Crippen LogP contribution in [0.3, 0.4) is 0 Å². The molecule has 0 spiro atoms. The van der Waals surface area contributed by atoms with Gasteiger partial charge in [-0.05, 0) is 13.0 Å². The van der Waals surface area contributed by atoms with Crippen molar-refractivity contribution >= 4 is 35.2 Å². The quantitative estimate of drug-likeness (QED) is 0.630. The van der Waals surface area contributed by atoms with Crippen LogP contribution in [-0.2, 0) is 39.0 Å². The highest BCUT2D eigenvalue weighted by atomic mass is 32.1. The Labute approximate surface area is 147 Å². The summed E-state index contributed by atoms with van der Waals surface area (Å²) in [5, 5.41) is 9.79. The van der Waals surface area contributed by atoms with Gasteiger partial charge in [0.15, 0.2) is 6.10 Å². The molecule has 0 radical (unpaired) electrons. The first kappa shape index (κ1) is 18.9. The zero-order valence-corrected chi connectivity index (χ0v) is 15.0. The number of carboxylic acid groups (broad SMARTS) is 1. The molecule has 1 N–H and O–H groups in total. The fraction of sp³-hybridized carbons (Fsp3) is 0.500. The number of carbonyl (C=O) groups excluding carboxylic acids is 3. The third-order valence-corrected chi connectivity index (χ3v) is 4.79. The minimum absolute atomic E-state index is 0.229. The Morgan fingerprint density at radius 3 is 2.20 bits per heavy atom. The number of esters is 3. The molecule has 25 heavy (non-hydrogen) atoms. The van der Waals surface area contributed by atoms with E-state index >= 15 is 0 Å². The van der Waals surface area contributed by atoms with E-state index in [2.05, 4.69) is 0 Å². The normalized spacial score (nSPS) is 24.8. The van der Waals surface area contributed by atoms with Crippen LogP contribution in [0.2, 0.25) is 0 Å². The average molecular weight is 370 g/mol. The maximum atomic E-state index is 12.0. The lowest BCUT2D eigenvalue weighted by molar-refractivity contribution is -0.195. The number of aryl methyl sites for hydroxylation is 1. The van der Waals surface area contributed by atoms with Gasteiger partial charge >= 0.3 is 23.9 Å². The van der Waals surface area contributed by atoms with E-state index in [1.165, 1.54) is 18.3 Å². The summed E-state index contributed by atoms with van der Waals surface area (Å²) in [6, 6.07) is 1.58. The van der Waals surface area contributed by atoms with Gasteiger partial charge in [-0.1, -0.05) is 0 Å². The van der Waals surface area contributed by atoms with Crippen LogP contribution in [0, 0.1) is 6.92 Å². The predicted octanol–water partition coefficient (Wildman–Crippen LogP) is 1.84. The van der Waals surface area contributed by atoms with Crippen LogP contribution in [0.15, 0.2) is 6.07 Å². The molecule has 0 aromatic carbocycles. The van der Waals surface area contributed by atoms with E-state index in [0.717, 1.165) is 18.7 Å². The standard InChI is InChI=1S/C16H18O8S/c1-7-5-11-14(25-7)13(23-9(3)18)12(22-8(2)17)6-16(11,15(20)21)24-10(4)19/h5,12-13H,6H2,1-4H3,(H,20,21)/t12-,13+,16-/m1/s1. The number of aliphatic carboxylic acids is 1. The maximum absolute atomic E-state index is 12.0. The minimum Gasteiger partial charge on any atom is -0.478 e. The highest BCUT2D eigenvalue weighted by Crippen LogP contribution is 2.49. The van der Waals surface area contributed by atoms with Gasteiger partial charge in [-0.25, -0.2) is 4.79 Å². The van der Waals surface area contributed by atoms with E-state index in [-0.39, 0.29) is 12.0 Å². The summed E-state index contributed by atoms with van der Waals surface area (Å²) in [7, 11) is 0. The fourth-order valence-electron chi connectivity index (χ4n) is 2.94. The van der Waals surface area contributed by atoms with Crippen molar-refractivity contribution in [2.45, 2.75) is 51.9 Å². The number of ether oxygens (including phenoxy) is 3. The van der Waals surface area contributed by atoms with Gasteiger partial charge in [-0.3, -0.25) is 14.4 Å². The second-order valence-electron chi connectivity index (χ2n) is 5.74. The van der Waals surface area contributed by atoms with Crippen LogP contribution in [0.5, 0.6) is 0 Å². The number of thiophene rings is 1. The largest absolute Gasteiger partial charge is 0.478 e. The molecule has 1 aliphatic rings. The van der Waals surface area contributed by atoms with Gasteiger partial charge in [0.1, 0.15) is 6.10 Å². The average Bonchev–Trinajstić information content (AvgIpc) is 2.83. The van der Waals surface area contributed by atoms with Crippen molar-refractivity contribution in [3.8, 4) is 0 Å². The first-order valence-electron chi connectivity index (χ1n) is 7.45. The van der Waals surface area contributed by atoms with Gasteiger partial charge < -0.3 is 19.3 Å². The second kappa shape index (κ2) is 6.83. The molecule has 136 valence electrons. The van der Waals surface area contributed by atoms with Crippen molar-refractivity contribution in [3.05, 3.63) is 21.4 Å². The Hall–Kier alpha value is -2.42. The molecule has 2 rings (SSSR count). The van der Waals surface area contributed by atoms with Gasteiger partial charge in [-0.2, -0.15) is 0 Å². The van der Waals surface area contributed by atoms with Crippen LogP contribution in [0.4, 0.5) is 0 Å². The molecule has 1 aliphatic carbocycles. The van der Waals surface area contributed by atoms with Crippen molar-refractivity contribution in [2.75, 3.05) is 0 Å². The Morgan fingerprint density at radius 2 is 1.72 bits per heavy atom. The molecule has 0 fully saturated rings. The zero-order chi connectivity index (χ0) is 18.9. The molecule has 1 aromatic rings. The van der Waals surface area contributed by atoms with Gasteiger partial charge in [0, 0.05) is 37.6 Å². The van der Waals surface area contributed by atoms with E-state index in [1.807, 2.05) is 0 Å². The van der Waals surface area contributed by atoms with Crippen molar-refractivity contribution in [1.29, 1.82) is 0 Å². The monoisotopic (exact) mass is 370 g/mol. The third kappa shape index (κ3) is 3.65. The highest BCUT2D eigenvalue weighted by Gasteiger charge is 2.56. The molecule has 0 amide bonds. The molecule has 0 unspecified atom stereocenters. The number of carboxylic acids is 1. The van der Waals surface area contributed by atoms with Crippen LogP contribution in [0.25, 0.3) is 0 Å². The van der Waals surface area contributed by atoms with Crippen LogP contribution in [0.1, 0.15) is 48.6 Å². The van der Waals surface area contributed by atoms with Crippen LogP contribution in [-0.4, -0.2) is 35.1 Å². The smallest absolute Gasteiger partial charge is 0.353 e. The lowest BCUT2D eigenvalue weighted by atomic mass is 9.79. The van der Waals surface area contributed by atoms with Gasteiger partial charge in [0.25, 0.3) is 0 Å². The molecule has 1 heterocycles. The lowest BCUT2D eigenvalue weighted by Gasteiger charge is -2.39. The number of carbonyl (C=O) groups is 4. The molecule has 1 aromatic heterocycles. The van der Waals surface area contributed by atoms with Gasteiger partial charge in [0.05, 0.1) is 4.88 Å². The minimum atomic E-state index is -2.01. The van der Waals surface area contributed by atoms with Crippen LogP contribution >= 0.6 is 11.3 Å². The highest BCUT2D eigenvalue weighted by molar-refractivity contribution is 7.12. The van der Waals surface area contributed by atoms with E-state index in [9.17, 15) is 24.3 Å². The van der Waals surface area contributed by atoms with Crippen molar-refractivity contribution in [1.82, 2.24) is 0 Å². The molecule has 0 bridgehead atoms. The Bertz CT molecular complexity index is 736. The lowest BCUT2D eigenvalue weighted by Crippen LogP contribution is -2.49. The van der Waals surface area contributed by atoms with Crippen molar-refractivity contribution in [3.63, 3.8) is 0 Å². The number of fused-ring (bicyclic) bond motifs is 1. The molecular formula is C16H18O8S. The molecule has 0 saturated carbocycles. The van der Waals surface area contributed by atoms with E-state index in [4.69, 9.17) is 14.2 Å². The Balaban J connectivity index is 2.66. The number of hydrogen-bond acceptors (Lipinski definition) is 8. The molecule has 9 heteroatoms. The summed E-state index contributed by atoms with van der Waals surface area (Å²) >= 11 is 1.19. The fourth-order valence-corrected chi connectivity index (χ4v) is 4.11. The number of hydrogen-bond donors (Lipinski definition) is 1. The van der Waals surface area contributed by atoms with Crippen LogP contribution < -0.4 is 0 Å². The van der Waals surface area contributed by atoms with Gasteiger partial charge in [-0.15, -0.1) is 11.3 Å². The first-order valence-corrected chi connectivity index (χ1v) is 8.26. The maximum Gasteiger partial charge on any atom is 0.353 e. The first-order chi connectivity index (χ1) is 11.6. The van der Waals surface area contributed by atoms with E-state index in [0.29, 0.717) is 4.88 Å². The van der Waals surface area contributed by atoms with E-state index in [1.54, 1.807) is 13.0 Å². The molecular weight excluding hydrogens is 352 g/mol. The molecule has 0 saturated heterocycles. The number of rotatable bonds is 4. The SMILES string of the molecule is CC(=O)O[C@@H]1c2sc(C)cc2[C@@](OC(C)=O)(C(=O)O)C[C@H]1OC(C)=O. The molecule has 0 aliphatic heterocycles. The zero-order valence-electron chi connectivity index (χ0n) is 14.2. The topological polar surface area (TPSA) is 116 Å². The Morgan fingerprint density at radius 1 is 1.12 bits per heavy atom. The van der Waals surface area contributed by atoms with Crippen molar-refractivity contribution < 1.29 is 38.5 Å². The summed E-state index contributed by atoms with van der Waals surface area (Å²) in [5.74, 6) is -3.44. The van der Waals surface area contributed by atoms with E-state index < -0.39 is 41.7 Å². The van der Waals surface area contributed by atoms with Crippen molar-refractivity contribution in [2.24, 2.45) is 0 Å². The summed E-state index contributed by atoms with van der Waals surface area (Å²) in [4.78, 5) is 47.6. The summed E-state index contributed by atoms with van der Waals surface area (Å²) < 4.78 is 15.7. The summed E-state index contributed by atoms with van der Waals surface area (Å²) in [6.45, 7) is 5.21. The molecule has 3 atom stereocenters. The third-order valence-electron chi connectivity index (χ3n) is 3.68. The predicted molar refractivity (Wildman–Crippen MR) is 84.8 cm³/mol. The summed E-state index contributed by atoms with van der Waals surface area (Å²) in [5.41, 5.74) is -1.78. The van der Waals surface area contributed by atoms with Gasteiger partial charge in [0.2, 0.25) is 5.60 Å². The molecule has 8 nitrogen and oxygen atoms in total. The Kier molecular flexibility index (Phi) is 5.17. The second-order valence-corrected chi connectivity index (χ2v) is 7.03. The summed E-state index contributed by atoms with van der Waals surface area (Å²) in [6.07, 6.45) is -2.41.